The van der Waals surface area contributed by atoms with Crippen molar-refractivity contribution in [3.63, 3.8) is 0 Å². The Hall–Kier alpha value is -2.19. The third kappa shape index (κ3) is 2.30. The van der Waals surface area contributed by atoms with Crippen LogP contribution >= 0.6 is 12.6 Å². The summed E-state index contributed by atoms with van der Waals surface area (Å²) >= 11 is 4.88. The minimum atomic E-state index is -0.353. The Labute approximate surface area is 137 Å². The summed E-state index contributed by atoms with van der Waals surface area (Å²) in [5.74, 6) is 0. The Bertz CT molecular complexity index is 662. The molecule has 0 saturated heterocycles. The van der Waals surface area contributed by atoms with Gasteiger partial charge in [-0.1, -0.05) is 79.4 Å². The summed E-state index contributed by atoms with van der Waals surface area (Å²) in [5, 5.41) is 3.31. The van der Waals surface area contributed by atoms with Crippen LogP contribution in [0, 0.1) is 0 Å². The van der Waals surface area contributed by atoms with Crippen molar-refractivity contribution in [2.45, 2.75) is 10.8 Å². The van der Waals surface area contributed by atoms with Crippen LogP contribution in [0.1, 0.15) is 11.1 Å². The van der Waals surface area contributed by atoms with Crippen LogP contribution in [0.15, 0.2) is 97.2 Å². The van der Waals surface area contributed by atoms with Crippen molar-refractivity contribution >= 4 is 12.6 Å². The highest BCUT2D eigenvalue weighted by atomic mass is 32.1. The van der Waals surface area contributed by atoms with E-state index in [4.69, 9.17) is 12.6 Å². The second-order valence-electron chi connectivity index (χ2n) is 5.30. The van der Waals surface area contributed by atoms with E-state index in [2.05, 4.69) is 72.6 Å². The Balaban J connectivity index is 2.34. The van der Waals surface area contributed by atoms with Crippen LogP contribution in [0.2, 0.25) is 0 Å². The zero-order chi connectivity index (χ0) is 15.4. The van der Waals surface area contributed by atoms with E-state index >= 15 is 0 Å². The number of rotatable bonds is 3. The number of allylic oxidation sites excluding steroid dienone is 3. The van der Waals surface area contributed by atoms with Gasteiger partial charge in [-0.05, 0) is 29.0 Å². The molecule has 0 amide bonds. The summed E-state index contributed by atoms with van der Waals surface area (Å²) < 4.78 is 0. The zero-order valence-corrected chi connectivity index (χ0v) is 13.2. The van der Waals surface area contributed by atoms with Crippen molar-refractivity contribution < 1.29 is 0 Å². The number of hydrogen-bond donors (Lipinski definition) is 2. The van der Waals surface area contributed by atoms with Gasteiger partial charge in [0.05, 0.1) is 10.8 Å². The van der Waals surface area contributed by atoms with Crippen LogP contribution in [0.25, 0.3) is 0 Å². The molecule has 22 heavy (non-hydrogen) atoms. The number of hydrogen-bond acceptors (Lipinski definition) is 2. The monoisotopic (exact) mass is 305 g/mol. The quantitative estimate of drug-likeness (QED) is 0.798. The van der Waals surface area contributed by atoms with E-state index in [-0.39, 0.29) is 10.8 Å². The first kappa shape index (κ1) is 14.7. The van der Waals surface area contributed by atoms with E-state index in [1.165, 1.54) is 16.7 Å². The van der Waals surface area contributed by atoms with Gasteiger partial charge in [0.1, 0.15) is 0 Å². The van der Waals surface area contributed by atoms with Gasteiger partial charge in [-0.25, -0.2) is 0 Å². The van der Waals surface area contributed by atoms with E-state index in [1.807, 2.05) is 24.4 Å². The summed E-state index contributed by atoms with van der Waals surface area (Å²) in [6.07, 6.45) is 7.97. The van der Waals surface area contributed by atoms with Crippen LogP contribution in [0.3, 0.4) is 0 Å². The largest absolute Gasteiger partial charge is 0.378 e. The molecule has 0 fully saturated rings. The number of benzene rings is 2. The van der Waals surface area contributed by atoms with Crippen molar-refractivity contribution in [3.05, 3.63) is 108 Å². The molecule has 1 N–H and O–H groups in total. The summed E-state index contributed by atoms with van der Waals surface area (Å²) in [4.78, 5) is 0. The topological polar surface area (TPSA) is 12.0 Å². The Morgan fingerprint density at radius 2 is 1.50 bits per heavy atom. The van der Waals surface area contributed by atoms with Gasteiger partial charge in [-0.15, -0.1) is 0 Å². The standard InChI is InChI=1S/C20H19NS/c1-2-9-16-14-15-21-19(22)20(16,17-10-5-3-6-11-17)18-12-7-4-8-13-18/h2-15,19,21-22H,1H2/b16-9+. The molecule has 1 aliphatic rings. The maximum absolute atomic E-state index is 4.88. The molecule has 0 radical (unpaired) electrons. The van der Waals surface area contributed by atoms with Crippen molar-refractivity contribution in [2.75, 3.05) is 0 Å². The molecule has 1 atom stereocenters. The van der Waals surface area contributed by atoms with E-state index in [1.54, 1.807) is 0 Å². The maximum atomic E-state index is 4.88. The first-order valence-corrected chi connectivity index (χ1v) is 7.86. The lowest BCUT2D eigenvalue weighted by molar-refractivity contribution is 0.530. The predicted molar refractivity (Wildman–Crippen MR) is 97.0 cm³/mol. The molecule has 2 heteroatoms. The van der Waals surface area contributed by atoms with Crippen molar-refractivity contribution in [1.82, 2.24) is 5.32 Å². The molecular weight excluding hydrogens is 286 g/mol. The van der Waals surface area contributed by atoms with Gasteiger partial charge < -0.3 is 5.32 Å². The minimum absolute atomic E-state index is 0.0616. The molecule has 1 heterocycles. The fourth-order valence-electron chi connectivity index (χ4n) is 3.18. The van der Waals surface area contributed by atoms with Crippen LogP contribution < -0.4 is 5.32 Å². The smallest absolute Gasteiger partial charge is 0.0868 e. The van der Waals surface area contributed by atoms with Gasteiger partial charge in [-0.3, -0.25) is 0 Å². The van der Waals surface area contributed by atoms with Crippen LogP contribution in [0.4, 0.5) is 0 Å². The molecule has 3 rings (SSSR count). The van der Waals surface area contributed by atoms with E-state index in [0.29, 0.717) is 0 Å². The lowest BCUT2D eigenvalue weighted by Gasteiger charge is -2.43. The normalized spacial score (nSPS) is 21.3. The summed E-state index contributed by atoms with van der Waals surface area (Å²) in [7, 11) is 0. The fraction of sp³-hybridized carbons (Fsp3) is 0.100. The predicted octanol–water partition coefficient (Wildman–Crippen LogP) is 4.46. The second kappa shape index (κ2) is 6.29. The lowest BCUT2D eigenvalue weighted by atomic mass is 9.67. The van der Waals surface area contributed by atoms with Gasteiger partial charge in [0, 0.05) is 0 Å². The third-order valence-corrected chi connectivity index (χ3v) is 4.67. The molecule has 0 aromatic heterocycles. The molecule has 0 spiro atoms. The van der Waals surface area contributed by atoms with Crippen molar-refractivity contribution in [3.8, 4) is 0 Å². The average Bonchev–Trinajstić information content (AvgIpc) is 2.57. The summed E-state index contributed by atoms with van der Waals surface area (Å²) in [5.41, 5.74) is 3.25. The molecular formula is C20H19NS. The van der Waals surface area contributed by atoms with Gasteiger partial charge >= 0.3 is 0 Å². The molecule has 2 aromatic carbocycles. The molecule has 0 saturated carbocycles. The highest BCUT2D eigenvalue weighted by molar-refractivity contribution is 7.81. The van der Waals surface area contributed by atoms with Crippen LogP contribution in [0.5, 0.6) is 0 Å². The van der Waals surface area contributed by atoms with Gasteiger partial charge in [0.15, 0.2) is 0 Å². The van der Waals surface area contributed by atoms with E-state index in [9.17, 15) is 0 Å². The fourth-order valence-corrected chi connectivity index (χ4v) is 3.71. The van der Waals surface area contributed by atoms with Crippen LogP contribution in [-0.2, 0) is 5.41 Å². The SMILES string of the molecule is C=C/C=C1\C=CNC(S)C1(c1ccccc1)c1ccccc1. The Morgan fingerprint density at radius 1 is 0.955 bits per heavy atom. The zero-order valence-electron chi connectivity index (χ0n) is 12.3. The number of nitrogens with one attached hydrogen (secondary N) is 1. The van der Waals surface area contributed by atoms with E-state index < -0.39 is 0 Å². The van der Waals surface area contributed by atoms with Gasteiger partial charge in [-0.2, -0.15) is 12.6 Å². The summed E-state index contributed by atoms with van der Waals surface area (Å²) in [6.45, 7) is 3.88. The number of thiol groups is 1. The maximum Gasteiger partial charge on any atom is 0.0868 e. The van der Waals surface area contributed by atoms with Crippen molar-refractivity contribution in [2.24, 2.45) is 0 Å². The lowest BCUT2D eigenvalue weighted by Crippen LogP contribution is -2.47. The molecule has 1 unspecified atom stereocenters. The molecule has 0 aliphatic carbocycles. The first-order chi connectivity index (χ1) is 10.8. The Kier molecular flexibility index (Phi) is 4.21. The molecule has 2 aromatic rings. The minimum Gasteiger partial charge on any atom is -0.378 e. The van der Waals surface area contributed by atoms with Gasteiger partial charge in [0.25, 0.3) is 0 Å². The third-order valence-electron chi connectivity index (χ3n) is 4.14. The highest BCUT2D eigenvalue weighted by Crippen LogP contribution is 2.45. The molecule has 110 valence electrons. The molecule has 1 nitrogen and oxygen atoms in total. The van der Waals surface area contributed by atoms with Gasteiger partial charge in [0.2, 0.25) is 0 Å². The second-order valence-corrected chi connectivity index (χ2v) is 5.82. The van der Waals surface area contributed by atoms with Crippen molar-refractivity contribution in [1.29, 1.82) is 0 Å². The van der Waals surface area contributed by atoms with Crippen LogP contribution in [-0.4, -0.2) is 5.37 Å². The first-order valence-electron chi connectivity index (χ1n) is 7.35. The summed E-state index contributed by atoms with van der Waals surface area (Å²) in [6, 6.07) is 21.0. The van der Waals surface area contributed by atoms with E-state index in [0.717, 1.165) is 0 Å². The molecule has 0 bridgehead atoms. The Morgan fingerprint density at radius 3 is 2.00 bits per heavy atom. The average molecular weight is 305 g/mol. The molecule has 1 aliphatic heterocycles. The highest BCUT2D eigenvalue weighted by Gasteiger charge is 2.44.